The van der Waals surface area contributed by atoms with Crippen LogP contribution in [-0.2, 0) is 21.6 Å². The standard InChI is InChI=1S/C47H52ClF5N6O5S3/c1-4-64-36-16-19-57(20-17-36)18-15-34(28-65)54-39-14-13-37(27-41(39)67(62,63)47(51,52)53)66-55-33-9-11-35(12-10-33)58-21-23-59(24-22-58)40-26-32(49)25-38(44(40)50)43-42(46(60)61)29(2)56(3)45(43)30-5-7-31(48)8-6-30/h5-14,25-27,34,36,54-55,65H,4,15-24,28H2,1-3H3,(H,60,61)/t34-/m1/s1. The molecule has 4 aromatic carbocycles. The van der Waals surface area contributed by atoms with Crippen molar-refractivity contribution in [2.75, 3.05) is 78.0 Å². The molecule has 0 unspecified atom stereocenters. The van der Waals surface area contributed by atoms with Crippen molar-refractivity contribution in [3.63, 3.8) is 0 Å². The fourth-order valence-electron chi connectivity index (χ4n) is 8.66. The van der Waals surface area contributed by atoms with Gasteiger partial charge in [-0.15, -0.1) is 0 Å². The number of aromatic nitrogens is 1. The maximum atomic E-state index is 16.7. The van der Waals surface area contributed by atoms with Crippen molar-refractivity contribution in [3.05, 3.63) is 107 Å². The fraction of sp³-hybridized carbons (Fsp3) is 0.383. The molecule has 0 radical (unpaired) electrons. The minimum absolute atomic E-state index is 0.00664. The Bertz CT molecular complexity index is 2660. The van der Waals surface area contributed by atoms with Crippen LogP contribution in [0.4, 0.5) is 44.7 Å². The Morgan fingerprint density at radius 3 is 2.22 bits per heavy atom. The molecule has 2 saturated heterocycles. The number of hydrogen-bond acceptors (Lipinski definition) is 11. The van der Waals surface area contributed by atoms with Crippen LogP contribution in [0.25, 0.3) is 22.4 Å². The number of sulfone groups is 1. The number of halogens is 6. The molecule has 0 bridgehead atoms. The second-order valence-electron chi connectivity index (χ2n) is 16.5. The van der Waals surface area contributed by atoms with Crippen molar-refractivity contribution >= 4 is 74.7 Å². The summed E-state index contributed by atoms with van der Waals surface area (Å²) in [7, 11) is -4.05. The van der Waals surface area contributed by atoms with E-state index in [1.807, 2.05) is 19.1 Å². The van der Waals surface area contributed by atoms with Gasteiger partial charge in [-0.05, 0) is 111 Å². The van der Waals surface area contributed by atoms with E-state index < -0.39 is 43.9 Å². The number of nitrogens with zero attached hydrogens (tertiary/aromatic N) is 4. The Balaban J connectivity index is 1.01. The van der Waals surface area contributed by atoms with Gasteiger partial charge in [0.25, 0.3) is 9.84 Å². The molecule has 3 heterocycles. The Kier molecular flexibility index (Phi) is 16.0. The third-order valence-electron chi connectivity index (χ3n) is 12.3. The predicted molar refractivity (Wildman–Crippen MR) is 260 cm³/mol. The molecule has 0 amide bonds. The van der Waals surface area contributed by atoms with E-state index >= 15 is 8.78 Å². The Hall–Kier alpha value is -4.66. The first-order chi connectivity index (χ1) is 31.9. The highest BCUT2D eigenvalue weighted by Gasteiger charge is 2.48. The van der Waals surface area contributed by atoms with Crippen molar-refractivity contribution in [1.82, 2.24) is 9.47 Å². The minimum atomic E-state index is -5.72. The zero-order valence-electron chi connectivity index (χ0n) is 37.0. The molecule has 360 valence electrons. The van der Waals surface area contributed by atoms with Crippen LogP contribution in [-0.4, -0.2) is 105 Å². The first-order valence-corrected chi connectivity index (χ1v) is 25.1. The number of hydrogen-bond donors (Lipinski definition) is 4. The average molecular weight is 1010 g/mol. The monoisotopic (exact) mass is 1010 g/mol. The first-order valence-electron chi connectivity index (χ1n) is 21.8. The van der Waals surface area contributed by atoms with Crippen LogP contribution in [0.15, 0.2) is 88.7 Å². The number of ether oxygens (including phenoxy) is 1. The second kappa shape index (κ2) is 21.3. The van der Waals surface area contributed by atoms with Crippen molar-refractivity contribution in [1.29, 1.82) is 0 Å². The van der Waals surface area contributed by atoms with Crippen LogP contribution < -0.4 is 19.8 Å². The average Bonchev–Trinajstić information content (AvgIpc) is 3.57. The Morgan fingerprint density at radius 1 is 0.955 bits per heavy atom. The fourth-order valence-corrected chi connectivity index (χ4v) is 10.8. The third-order valence-corrected chi connectivity index (χ3v) is 15.4. The summed E-state index contributed by atoms with van der Waals surface area (Å²) < 4.78 is 110. The van der Waals surface area contributed by atoms with Gasteiger partial charge < -0.3 is 39.1 Å². The zero-order chi connectivity index (χ0) is 48.2. The molecule has 2 aliphatic rings. The SMILES string of the molecule is CCOC1CCN(CC[C@H](CS)Nc2ccc(SNc3ccc(N4CCN(c5cc(F)cc(-c6c(C(=O)O)c(C)n(C)c6-c6ccc(Cl)cc6)c5F)CC4)cc3)cc2S(=O)(=O)C(F)(F)F)CC1. The van der Waals surface area contributed by atoms with E-state index in [4.69, 9.17) is 16.3 Å². The number of piperazine rings is 1. The molecule has 0 aliphatic carbocycles. The van der Waals surface area contributed by atoms with E-state index in [1.165, 1.54) is 6.07 Å². The van der Waals surface area contributed by atoms with Crippen molar-refractivity contribution in [2.45, 2.75) is 60.6 Å². The van der Waals surface area contributed by atoms with Crippen LogP contribution in [0.2, 0.25) is 5.02 Å². The maximum absolute atomic E-state index is 16.7. The smallest absolute Gasteiger partial charge is 0.478 e. The quantitative estimate of drug-likeness (QED) is 0.0405. The van der Waals surface area contributed by atoms with E-state index in [2.05, 4.69) is 32.5 Å². The van der Waals surface area contributed by atoms with Gasteiger partial charge in [0.2, 0.25) is 0 Å². The largest absolute Gasteiger partial charge is 0.501 e. The molecule has 3 N–H and O–H groups in total. The highest BCUT2D eigenvalue weighted by molar-refractivity contribution is 8.00. The summed E-state index contributed by atoms with van der Waals surface area (Å²) in [6, 6.07) is 19.6. The van der Waals surface area contributed by atoms with Crippen LogP contribution >= 0.6 is 36.2 Å². The number of rotatable bonds is 17. The number of nitrogens with one attached hydrogen (secondary N) is 2. The number of thiol groups is 1. The van der Waals surface area contributed by atoms with Gasteiger partial charge >= 0.3 is 11.5 Å². The maximum Gasteiger partial charge on any atom is 0.501 e. The van der Waals surface area contributed by atoms with Gasteiger partial charge in [-0.2, -0.15) is 25.8 Å². The molecule has 0 spiro atoms. The molecule has 2 aliphatic heterocycles. The summed E-state index contributed by atoms with van der Waals surface area (Å²) in [5.41, 5.74) is -3.13. The first kappa shape index (κ1) is 50.2. The lowest BCUT2D eigenvalue weighted by atomic mass is 9.95. The molecule has 20 heteroatoms. The third kappa shape index (κ3) is 11.3. The molecule has 1 atom stereocenters. The number of aromatic carboxylic acids is 1. The summed E-state index contributed by atoms with van der Waals surface area (Å²) >= 11 is 11.5. The second-order valence-corrected chi connectivity index (χ2v) is 20.1. The van der Waals surface area contributed by atoms with Crippen LogP contribution in [0.5, 0.6) is 0 Å². The number of alkyl halides is 3. The number of carbonyl (C=O) groups is 1. The summed E-state index contributed by atoms with van der Waals surface area (Å²) in [5.74, 6) is -2.47. The lowest BCUT2D eigenvalue weighted by Gasteiger charge is -2.37. The molecule has 2 fully saturated rings. The molecule has 5 aromatic rings. The van der Waals surface area contributed by atoms with E-state index in [0.717, 1.165) is 61.8 Å². The van der Waals surface area contributed by atoms with E-state index in [0.29, 0.717) is 73.4 Å². The molecular weight excluding hydrogens is 955 g/mol. The van der Waals surface area contributed by atoms with Gasteiger partial charge in [0, 0.05) is 115 Å². The minimum Gasteiger partial charge on any atom is -0.478 e. The van der Waals surface area contributed by atoms with Gasteiger partial charge in [0.15, 0.2) is 5.82 Å². The van der Waals surface area contributed by atoms with Gasteiger partial charge in [0.05, 0.1) is 28.7 Å². The van der Waals surface area contributed by atoms with Crippen LogP contribution in [0, 0.1) is 18.6 Å². The van der Waals surface area contributed by atoms with E-state index in [9.17, 15) is 31.5 Å². The lowest BCUT2D eigenvalue weighted by molar-refractivity contribution is -0.0435. The molecule has 11 nitrogen and oxygen atoms in total. The molecular formula is C47H52ClF5N6O5S3. The summed E-state index contributed by atoms with van der Waals surface area (Å²) in [6.45, 7) is 8.08. The number of carboxylic acids is 1. The van der Waals surface area contributed by atoms with Crippen molar-refractivity contribution < 1.29 is 45.0 Å². The van der Waals surface area contributed by atoms with Gasteiger partial charge in [0.1, 0.15) is 10.7 Å². The number of piperidine rings is 1. The topological polar surface area (TPSA) is 119 Å². The van der Waals surface area contributed by atoms with Crippen molar-refractivity contribution in [2.24, 2.45) is 7.05 Å². The number of anilines is 4. The van der Waals surface area contributed by atoms with Crippen LogP contribution in [0.1, 0.15) is 42.2 Å². The lowest BCUT2D eigenvalue weighted by Crippen LogP contribution is -2.46. The zero-order valence-corrected chi connectivity index (χ0v) is 40.3. The Morgan fingerprint density at radius 2 is 1.61 bits per heavy atom. The summed E-state index contributed by atoms with van der Waals surface area (Å²) in [4.78, 5) is 18.0. The van der Waals surface area contributed by atoms with Gasteiger partial charge in [-0.25, -0.2) is 22.0 Å². The molecule has 7 rings (SSSR count). The molecule has 1 aromatic heterocycles. The molecule has 67 heavy (non-hydrogen) atoms. The number of benzene rings is 4. The number of likely N-dealkylation sites (tertiary alicyclic amines) is 1. The van der Waals surface area contributed by atoms with Crippen molar-refractivity contribution in [3.8, 4) is 22.4 Å². The van der Waals surface area contributed by atoms with Gasteiger partial charge in [-0.1, -0.05) is 23.7 Å². The normalized spacial score (nSPS) is 15.8. The van der Waals surface area contributed by atoms with E-state index in [-0.39, 0.29) is 44.8 Å². The van der Waals surface area contributed by atoms with E-state index in [1.54, 1.807) is 65.9 Å². The highest BCUT2D eigenvalue weighted by Crippen LogP contribution is 2.43. The summed E-state index contributed by atoms with van der Waals surface area (Å²) in [6.07, 6.45) is 2.55. The summed E-state index contributed by atoms with van der Waals surface area (Å²) in [5, 5.41) is 13.8. The van der Waals surface area contributed by atoms with Crippen LogP contribution in [0.3, 0.4) is 0 Å². The highest BCUT2D eigenvalue weighted by atomic mass is 35.5. The number of carboxylic acid groups (broad SMARTS) is 1. The van der Waals surface area contributed by atoms with Gasteiger partial charge in [-0.3, -0.25) is 0 Å². The predicted octanol–water partition coefficient (Wildman–Crippen LogP) is 10.6. The molecule has 0 saturated carbocycles. The Labute approximate surface area is 402 Å².